The van der Waals surface area contributed by atoms with Gasteiger partial charge in [-0.3, -0.25) is 4.79 Å². The van der Waals surface area contributed by atoms with E-state index in [4.69, 9.17) is 14.0 Å². The van der Waals surface area contributed by atoms with E-state index in [2.05, 4.69) is 15.5 Å². The van der Waals surface area contributed by atoms with Crippen molar-refractivity contribution in [3.8, 4) is 17.1 Å². The molecule has 1 N–H and O–H groups in total. The molecule has 0 radical (unpaired) electrons. The first-order valence-electron chi connectivity index (χ1n) is 10.3. The van der Waals surface area contributed by atoms with Crippen molar-refractivity contribution in [2.75, 3.05) is 26.7 Å². The van der Waals surface area contributed by atoms with E-state index in [9.17, 15) is 9.59 Å². The van der Waals surface area contributed by atoms with Crippen molar-refractivity contribution in [2.45, 2.75) is 44.1 Å². The summed E-state index contributed by atoms with van der Waals surface area (Å²) < 4.78 is 16.0. The average Bonchev–Trinajstić information content (AvgIpc) is 3.31. The summed E-state index contributed by atoms with van der Waals surface area (Å²) >= 11 is 0. The number of nitrogens with zero attached hydrogens (tertiary/aromatic N) is 3. The first kappa shape index (κ1) is 20.2. The molecule has 2 aliphatic rings. The Morgan fingerprint density at radius 3 is 3.03 bits per heavy atom. The molecule has 2 aromatic rings. The molecule has 160 valence electrons. The average molecular weight is 414 g/mol. The number of rotatable bonds is 6. The van der Waals surface area contributed by atoms with Crippen LogP contribution in [0.15, 0.2) is 28.8 Å². The molecule has 9 nitrogen and oxygen atoms in total. The molecule has 0 saturated carbocycles. The Hall–Kier alpha value is -3.10. The van der Waals surface area contributed by atoms with Crippen molar-refractivity contribution in [2.24, 2.45) is 0 Å². The molecule has 0 aliphatic carbocycles. The maximum atomic E-state index is 12.6. The molecule has 2 fully saturated rings. The van der Waals surface area contributed by atoms with Crippen LogP contribution in [0.5, 0.6) is 5.75 Å². The van der Waals surface area contributed by atoms with Crippen LogP contribution in [0, 0.1) is 0 Å². The summed E-state index contributed by atoms with van der Waals surface area (Å²) in [6, 6.07) is 7.47. The Labute approximate surface area is 174 Å². The van der Waals surface area contributed by atoms with E-state index in [0.29, 0.717) is 57.0 Å². The van der Waals surface area contributed by atoms with E-state index < -0.39 is 5.60 Å². The number of amides is 2. The minimum absolute atomic E-state index is 0.108. The van der Waals surface area contributed by atoms with Crippen molar-refractivity contribution < 1.29 is 23.6 Å². The van der Waals surface area contributed by atoms with Crippen molar-refractivity contribution in [3.63, 3.8) is 0 Å². The van der Waals surface area contributed by atoms with Gasteiger partial charge in [0.15, 0.2) is 0 Å². The molecular weight excluding hydrogens is 388 g/mol. The Bertz CT molecular complexity index is 914. The number of methoxy groups -OCH3 is 1. The number of ether oxygens (including phenoxy) is 2. The lowest BCUT2D eigenvalue weighted by Crippen LogP contribution is -2.36. The quantitative estimate of drug-likeness (QED) is 0.774. The van der Waals surface area contributed by atoms with Crippen LogP contribution in [0.25, 0.3) is 11.4 Å². The Morgan fingerprint density at radius 1 is 1.33 bits per heavy atom. The Balaban J connectivity index is 1.26. The Kier molecular flexibility index (Phi) is 5.87. The molecule has 3 heterocycles. The predicted molar refractivity (Wildman–Crippen MR) is 107 cm³/mol. The number of likely N-dealkylation sites (tertiary alicyclic amines) is 1. The molecular formula is C21H26N4O5. The van der Waals surface area contributed by atoms with Gasteiger partial charge in [0.25, 0.3) is 0 Å². The number of aryl methyl sites for hydroxylation is 1. The van der Waals surface area contributed by atoms with E-state index in [1.54, 1.807) is 7.11 Å². The summed E-state index contributed by atoms with van der Waals surface area (Å²) in [4.78, 5) is 30.3. The molecule has 9 heteroatoms. The summed E-state index contributed by atoms with van der Waals surface area (Å²) in [5.41, 5.74) is 0.368. The lowest BCUT2D eigenvalue weighted by Gasteiger charge is -2.25. The monoisotopic (exact) mass is 414 g/mol. The number of alkyl carbamates (subject to hydrolysis) is 1. The number of nitrogens with one attached hydrogen (secondary N) is 1. The van der Waals surface area contributed by atoms with E-state index in [1.165, 1.54) is 0 Å². The summed E-state index contributed by atoms with van der Waals surface area (Å²) in [5.74, 6) is 1.86. The van der Waals surface area contributed by atoms with Gasteiger partial charge in [-0.2, -0.15) is 4.98 Å². The van der Waals surface area contributed by atoms with Gasteiger partial charge in [0.1, 0.15) is 11.4 Å². The molecule has 0 unspecified atom stereocenters. The lowest BCUT2D eigenvalue weighted by molar-refractivity contribution is -0.131. The van der Waals surface area contributed by atoms with Crippen LogP contribution >= 0.6 is 0 Å². The fraction of sp³-hybridized carbons (Fsp3) is 0.524. The summed E-state index contributed by atoms with van der Waals surface area (Å²) in [5, 5.41) is 6.75. The number of hydrogen-bond donors (Lipinski definition) is 1. The van der Waals surface area contributed by atoms with Gasteiger partial charge in [-0.15, -0.1) is 0 Å². The van der Waals surface area contributed by atoms with Crippen molar-refractivity contribution in [1.29, 1.82) is 0 Å². The van der Waals surface area contributed by atoms with Gasteiger partial charge in [-0.25, -0.2) is 4.79 Å². The van der Waals surface area contributed by atoms with Crippen molar-refractivity contribution in [3.05, 3.63) is 30.2 Å². The van der Waals surface area contributed by atoms with Crippen LogP contribution < -0.4 is 10.1 Å². The molecule has 1 aromatic heterocycles. The van der Waals surface area contributed by atoms with Gasteiger partial charge < -0.3 is 24.2 Å². The van der Waals surface area contributed by atoms with Crippen LogP contribution in [-0.4, -0.2) is 59.4 Å². The highest BCUT2D eigenvalue weighted by Crippen LogP contribution is 2.29. The summed E-state index contributed by atoms with van der Waals surface area (Å²) in [7, 11) is 1.61. The third kappa shape index (κ3) is 4.55. The van der Waals surface area contributed by atoms with Gasteiger partial charge in [0, 0.05) is 37.9 Å². The number of carbonyl (C=O) groups is 2. The molecule has 2 amide bonds. The fourth-order valence-corrected chi connectivity index (χ4v) is 3.98. The third-order valence-electron chi connectivity index (χ3n) is 5.69. The highest BCUT2D eigenvalue weighted by molar-refractivity contribution is 5.76. The van der Waals surface area contributed by atoms with Gasteiger partial charge in [-0.1, -0.05) is 17.3 Å². The summed E-state index contributed by atoms with van der Waals surface area (Å²) in [6.45, 7) is 1.83. The smallest absolute Gasteiger partial charge is 0.407 e. The van der Waals surface area contributed by atoms with E-state index in [-0.39, 0.29) is 12.0 Å². The van der Waals surface area contributed by atoms with Crippen molar-refractivity contribution in [1.82, 2.24) is 20.4 Å². The van der Waals surface area contributed by atoms with Crippen LogP contribution in [0.1, 0.15) is 38.0 Å². The molecule has 1 aromatic carbocycles. The molecule has 1 spiro atoms. The highest BCUT2D eigenvalue weighted by Gasteiger charge is 2.41. The zero-order chi connectivity index (χ0) is 21.0. The van der Waals surface area contributed by atoms with Crippen molar-refractivity contribution >= 4 is 12.0 Å². The van der Waals surface area contributed by atoms with Gasteiger partial charge in [0.2, 0.25) is 17.6 Å². The zero-order valence-corrected chi connectivity index (χ0v) is 17.1. The second-order valence-electron chi connectivity index (χ2n) is 7.76. The number of carbonyl (C=O) groups excluding carboxylic acids is 2. The first-order valence-corrected chi connectivity index (χ1v) is 10.3. The molecule has 2 saturated heterocycles. The standard InChI is InChI=1S/C21H26N4O5/c1-28-16-6-2-5-15(13-16)19-23-17(30-24-19)7-3-8-18(26)25-11-4-9-21(10-12-25)14-22-20(27)29-21/h2,5-6,13H,3-4,7-12,14H2,1H3,(H,22,27)/t21-/m1/s1. The number of aromatic nitrogens is 2. The second-order valence-corrected chi connectivity index (χ2v) is 7.76. The van der Waals surface area contributed by atoms with Crippen LogP contribution in [0.2, 0.25) is 0 Å². The molecule has 0 bridgehead atoms. The zero-order valence-electron chi connectivity index (χ0n) is 17.1. The predicted octanol–water partition coefficient (Wildman–Crippen LogP) is 2.56. The minimum atomic E-state index is -0.452. The SMILES string of the molecule is COc1cccc(-c2noc(CCCC(=O)N3CCC[C@@]4(CC3)CNC(=O)O4)n2)c1. The lowest BCUT2D eigenvalue weighted by atomic mass is 9.95. The van der Waals surface area contributed by atoms with E-state index >= 15 is 0 Å². The Morgan fingerprint density at radius 2 is 2.23 bits per heavy atom. The maximum Gasteiger partial charge on any atom is 0.407 e. The third-order valence-corrected chi connectivity index (χ3v) is 5.69. The van der Waals surface area contributed by atoms with Gasteiger partial charge in [0.05, 0.1) is 13.7 Å². The fourth-order valence-electron chi connectivity index (χ4n) is 3.98. The van der Waals surface area contributed by atoms with Crippen LogP contribution in [0.4, 0.5) is 4.79 Å². The van der Waals surface area contributed by atoms with E-state index in [1.807, 2.05) is 29.2 Å². The van der Waals surface area contributed by atoms with Crippen LogP contribution in [-0.2, 0) is 16.0 Å². The molecule has 1 atom stereocenters. The normalized spacial score (nSPS) is 21.2. The number of hydrogen-bond acceptors (Lipinski definition) is 7. The molecule has 30 heavy (non-hydrogen) atoms. The molecule has 4 rings (SSSR count). The maximum absolute atomic E-state index is 12.6. The van der Waals surface area contributed by atoms with Gasteiger partial charge in [-0.05, 0) is 31.4 Å². The van der Waals surface area contributed by atoms with Gasteiger partial charge >= 0.3 is 6.09 Å². The van der Waals surface area contributed by atoms with Crippen LogP contribution in [0.3, 0.4) is 0 Å². The highest BCUT2D eigenvalue weighted by atomic mass is 16.6. The summed E-state index contributed by atoms with van der Waals surface area (Å²) in [6.07, 6.45) is 3.52. The topological polar surface area (TPSA) is 107 Å². The molecule has 2 aliphatic heterocycles. The second kappa shape index (κ2) is 8.73. The largest absolute Gasteiger partial charge is 0.497 e. The number of benzene rings is 1. The minimum Gasteiger partial charge on any atom is -0.497 e. The van der Waals surface area contributed by atoms with E-state index in [0.717, 1.165) is 24.2 Å². The first-order chi connectivity index (χ1) is 14.6.